The van der Waals surface area contributed by atoms with Crippen molar-refractivity contribution in [3.05, 3.63) is 36.4 Å². The van der Waals surface area contributed by atoms with Crippen LogP contribution in [0.5, 0.6) is 0 Å². The van der Waals surface area contributed by atoms with Gasteiger partial charge in [-0.25, -0.2) is 16.8 Å². The van der Waals surface area contributed by atoms with Gasteiger partial charge >= 0.3 is 59.1 Å². The second-order valence-corrected chi connectivity index (χ2v) is 15.1. The zero-order chi connectivity index (χ0) is 35.7. The van der Waals surface area contributed by atoms with Gasteiger partial charge in [-0.3, -0.25) is 0 Å². The minimum Gasteiger partial charge on any atom is -0.744 e. The van der Waals surface area contributed by atoms with Crippen molar-refractivity contribution in [3.8, 4) is 0 Å². The number of benzene rings is 2. The fourth-order valence-electron chi connectivity index (χ4n) is 4.28. The monoisotopic (exact) mass is 812 g/mol. The summed E-state index contributed by atoms with van der Waals surface area (Å²) in [6.07, 6.45) is 0. The van der Waals surface area contributed by atoms with Gasteiger partial charge in [0.1, 0.15) is 20.2 Å². The van der Waals surface area contributed by atoms with Crippen LogP contribution in [0.3, 0.4) is 0 Å². The summed E-state index contributed by atoms with van der Waals surface area (Å²) in [5, 5.41) is 35.5. The molecule has 1 aliphatic heterocycles. The maximum Gasteiger partial charge on any atom is 1.00 e. The second kappa shape index (κ2) is 20.4. The minimum atomic E-state index is -5.39. The van der Waals surface area contributed by atoms with E-state index in [9.17, 15) is 25.9 Å². The summed E-state index contributed by atoms with van der Waals surface area (Å²) in [4.78, 5) is 23.7. The number of nitrogens with one attached hydrogen (secondary N) is 6. The Labute approximate surface area is 351 Å². The van der Waals surface area contributed by atoms with Crippen molar-refractivity contribution in [3.63, 3.8) is 0 Å². The Morgan fingerprint density at radius 3 is 1.38 bits per heavy atom. The van der Waals surface area contributed by atoms with Gasteiger partial charge in [0.25, 0.3) is 0 Å². The van der Waals surface area contributed by atoms with Gasteiger partial charge in [-0.1, -0.05) is 6.07 Å². The summed E-state index contributed by atoms with van der Waals surface area (Å²) in [5.74, 6) is 1.79. The van der Waals surface area contributed by atoms with Crippen LogP contribution in [-0.4, -0.2) is 115 Å². The van der Waals surface area contributed by atoms with Crippen LogP contribution in [0.4, 0.5) is 58.4 Å². The van der Waals surface area contributed by atoms with E-state index in [-0.39, 0.29) is 108 Å². The van der Waals surface area contributed by atoms with E-state index in [0.717, 1.165) is 6.07 Å². The number of nitrogens with zero attached hydrogens (tertiary/aromatic N) is 6. The standard InChI is InChI=1S/C26H32N12O8S4.2Na/c39-6-10-47-8-4-27-21-33-23-29-15-2-1-3-16(12-15)30-24-34-22(28-5-9-48-11-7-40)36-26(38-24)32-18-13-17(31-25(35-21)37-23)19(49(41,42)43)14-20(18)50(44,45)46;;/h1-3,12-14,39-40H,4-11H2,(H,41,42,43)(H,44,45,46)(H3,27,29,31,33,35,37)(H3,28,30,32,34,36,38);;/q;2*+1/p-2. The molecule has 268 valence electrons. The third-order valence-electron chi connectivity index (χ3n) is 6.29. The van der Waals surface area contributed by atoms with Crippen LogP contribution in [-0.2, 0) is 20.2 Å². The maximum atomic E-state index is 12.4. The molecule has 20 nitrogen and oxygen atoms in total. The summed E-state index contributed by atoms with van der Waals surface area (Å²) in [5.41, 5.74) is 0.0606. The number of hydrogen-bond donors (Lipinski definition) is 8. The quantitative estimate of drug-likeness (QED) is 0.0297. The number of aromatic nitrogens is 6. The number of anilines is 10. The molecule has 0 spiro atoms. The number of fused-ring (bicyclic) bond motifs is 8. The molecular weight excluding hydrogens is 783 g/mol. The molecule has 0 radical (unpaired) electrons. The van der Waals surface area contributed by atoms with Crippen molar-refractivity contribution in [2.45, 2.75) is 9.79 Å². The number of hydrogen-bond acceptors (Lipinski definition) is 22. The first-order valence-corrected chi connectivity index (χ1v) is 19.7. The topological polar surface area (TPSA) is 304 Å². The van der Waals surface area contributed by atoms with E-state index in [1.165, 1.54) is 23.5 Å². The Balaban J connectivity index is 0.00000364. The molecule has 2 aromatic carbocycles. The van der Waals surface area contributed by atoms with Crippen LogP contribution < -0.4 is 91.0 Å². The van der Waals surface area contributed by atoms with Crippen LogP contribution in [0.2, 0.25) is 0 Å². The molecule has 0 fully saturated rings. The molecule has 1 aliphatic rings. The molecule has 52 heavy (non-hydrogen) atoms. The molecule has 0 aliphatic carbocycles. The first kappa shape index (κ1) is 44.1. The summed E-state index contributed by atoms with van der Waals surface area (Å²) in [6.45, 7) is 0.773. The predicted octanol–water partition coefficient (Wildman–Crippen LogP) is -4.56. The smallest absolute Gasteiger partial charge is 0.744 e. The molecule has 0 unspecified atom stereocenters. The number of aliphatic hydroxyl groups is 2. The van der Waals surface area contributed by atoms with Crippen LogP contribution >= 0.6 is 23.5 Å². The Bertz CT molecular complexity index is 1920. The van der Waals surface area contributed by atoms with Crippen molar-refractivity contribution in [2.75, 3.05) is 81.2 Å². The molecule has 0 saturated heterocycles. The largest absolute Gasteiger partial charge is 1.00 e. The van der Waals surface area contributed by atoms with Crippen LogP contribution in [0, 0.1) is 0 Å². The molecule has 4 aromatic rings. The number of aliphatic hydroxyl groups excluding tert-OH is 2. The molecule has 3 heterocycles. The first-order chi connectivity index (χ1) is 23.9. The third-order valence-corrected chi connectivity index (χ3v) is 9.97. The zero-order valence-electron chi connectivity index (χ0n) is 27.8. The van der Waals surface area contributed by atoms with E-state index in [4.69, 9.17) is 10.2 Å². The number of thioether (sulfide) groups is 2. The average molecular weight is 813 g/mol. The summed E-state index contributed by atoms with van der Waals surface area (Å²) in [7, 11) is -10.8. The van der Waals surface area contributed by atoms with E-state index < -0.39 is 41.4 Å². The summed E-state index contributed by atoms with van der Waals surface area (Å²) >= 11 is 2.95. The summed E-state index contributed by atoms with van der Waals surface area (Å²) in [6, 6.07) is 8.18. The van der Waals surface area contributed by atoms with Gasteiger partial charge in [-0.2, -0.15) is 53.4 Å². The Morgan fingerprint density at radius 1 is 0.596 bits per heavy atom. The number of rotatable bonds is 14. The fraction of sp³-hybridized carbons (Fsp3) is 0.308. The molecule has 2 aromatic heterocycles. The van der Waals surface area contributed by atoms with Crippen LogP contribution in [0.1, 0.15) is 0 Å². The van der Waals surface area contributed by atoms with Gasteiger partial charge < -0.3 is 51.2 Å². The minimum absolute atomic E-state index is 0. The van der Waals surface area contributed by atoms with E-state index in [1.807, 2.05) is 0 Å². The van der Waals surface area contributed by atoms with E-state index in [2.05, 4.69) is 61.8 Å². The van der Waals surface area contributed by atoms with E-state index in [1.54, 1.807) is 24.3 Å². The molecule has 5 rings (SSSR count). The second-order valence-electron chi connectivity index (χ2n) is 9.97. The van der Waals surface area contributed by atoms with Crippen molar-refractivity contribution in [1.82, 2.24) is 29.9 Å². The van der Waals surface area contributed by atoms with Gasteiger partial charge in [0.05, 0.1) is 34.4 Å². The van der Waals surface area contributed by atoms with Crippen molar-refractivity contribution >= 4 is 102 Å². The molecule has 0 saturated carbocycles. The van der Waals surface area contributed by atoms with Gasteiger partial charge in [0, 0.05) is 47.5 Å². The molecule has 8 bridgehead atoms. The average Bonchev–Trinajstić information content (AvgIpc) is 3.03. The molecular formula is C26H30N12Na2O8S4. The van der Waals surface area contributed by atoms with Crippen LogP contribution in [0.25, 0.3) is 0 Å². The third kappa shape index (κ3) is 12.9. The Morgan fingerprint density at radius 2 is 1.00 bits per heavy atom. The molecule has 26 heteroatoms. The summed E-state index contributed by atoms with van der Waals surface area (Å²) < 4.78 is 74.3. The van der Waals surface area contributed by atoms with Crippen LogP contribution in [0.15, 0.2) is 46.2 Å². The predicted molar refractivity (Wildman–Crippen MR) is 187 cm³/mol. The van der Waals surface area contributed by atoms with Crippen molar-refractivity contribution in [1.29, 1.82) is 0 Å². The SMILES string of the molecule is O=S(=O)([O-])c1cc(S(=O)(=O)[O-])c2cc1Nc1nc(NCCSCCO)nc(n1)Nc1cccc(c1)Nc1nc(NCCSCCO)nc(n1)N2.[Na+].[Na+]. The first-order valence-electron chi connectivity index (χ1n) is 14.6. The van der Waals surface area contributed by atoms with Crippen molar-refractivity contribution < 1.29 is 95.3 Å². The van der Waals surface area contributed by atoms with Gasteiger partial charge in [-0.05, 0) is 30.3 Å². The Kier molecular flexibility index (Phi) is 17.3. The van der Waals surface area contributed by atoms with Gasteiger partial charge in [0.2, 0.25) is 35.7 Å². The molecule has 0 atom stereocenters. The maximum absolute atomic E-state index is 12.4. The van der Waals surface area contributed by atoms with Gasteiger partial charge in [0.15, 0.2) is 0 Å². The molecule has 0 amide bonds. The van der Waals surface area contributed by atoms with E-state index >= 15 is 0 Å². The van der Waals surface area contributed by atoms with Gasteiger partial charge in [-0.15, -0.1) is 0 Å². The Hall–Kier alpha value is -2.30. The van der Waals surface area contributed by atoms with E-state index in [0.29, 0.717) is 53.5 Å². The fourth-order valence-corrected chi connectivity index (χ4v) is 6.80. The van der Waals surface area contributed by atoms with Crippen molar-refractivity contribution in [2.24, 2.45) is 0 Å². The molecule has 8 N–H and O–H groups in total. The zero-order valence-corrected chi connectivity index (χ0v) is 35.0. The normalized spacial score (nSPS) is 12.1.